The monoisotopic (exact) mass is 596 g/mol. The minimum absolute atomic E-state index is 0. The van der Waals surface area contributed by atoms with Crippen LogP contribution < -0.4 is 43.1 Å². The van der Waals surface area contributed by atoms with E-state index in [2.05, 4.69) is 72.0 Å². The molecule has 0 aliphatic heterocycles. The molecule has 0 radical (unpaired) electrons. The average Bonchev–Trinajstić information content (AvgIpc) is 2.83. The molecular formula is C30H50Br2N2. The Kier molecular flexibility index (Phi) is 22.2. The zero-order valence-electron chi connectivity index (χ0n) is 22.0. The second kappa shape index (κ2) is 22.7. The standard InChI is InChI=1S/C30H50N2.2BrH/c1-3-5-7-9-11-13-15-17-23-31-26-21-29(22-27-31)30-20-19-25-32(28-30)24-18-16-14-12-10-8-6-4-2;;/h19-22,25-28H,3-18,23-24H2,1-2H3;2*1H/q+2;;/p-2. The van der Waals surface area contributed by atoms with E-state index in [0.29, 0.717) is 0 Å². The summed E-state index contributed by atoms with van der Waals surface area (Å²) in [4.78, 5) is 0. The predicted molar refractivity (Wildman–Crippen MR) is 137 cm³/mol. The van der Waals surface area contributed by atoms with Crippen molar-refractivity contribution in [2.24, 2.45) is 0 Å². The zero-order chi connectivity index (χ0) is 22.7. The van der Waals surface area contributed by atoms with Crippen LogP contribution >= 0.6 is 0 Å². The van der Waals surface area contributed by atoms with Gasteiger partial charge in [-0.25, -0.2) is 9.13 Å². The summed E-state index contributed by atoms with van der Waals surface area (Å²) in [7, 11) is 0. The molecule has 2 aromatic rings. The molecule has 0 fully saturated rings. The highest BCUT2D eigenvalue weighted by Crippen LogP contribution is 2.16. The first-order chi connectivity index (χ1) is 15.8. The molecule has 0 aromatic carbocycles. The van der Waals surface area contributed by atoms with Gasteiger partial charge in [-0.2, -0.15) is 0 Å². The Morgan fingerprint density at radius 3 is 1.41 bits per heavy atom. The minimum atomic E-state index is 0. The van der Waals surface area contributed by atoms with E-state index < -0.39 is 0 Å². The van der Waals surface area contributed by atoms with E-state index in [1.807, 2.05) is 0 Å². The van der Waals surface area contributed by atoms with Crippen molar-refractivity contribution < 1.29 is 43.1 Å². The van der Waals surface area contributed by atoms with Crippen molar-refractivity contribution in [2.45, 2.75) is 130 Å². The van der Waals surface area contributed by atoms with Crippen molar-refractivity contribution in [1.82, 2.24) is 0 Å². The van der Waals surface area contributed by atoms with Gasteiger partial charge in [0.25, 0.3) is 0 Å². The third-order valence-electron chi connectivity index (χ3n) is 6.62. The van der Waals surface area contributed by atoms with Crippen molar-refractivity contribution in [3.63, 3.8) is 0 Å². The molecule has 0 amide bonds. The number of hydrogen-bond donors (Lipinski definition) is 0. The van der Waals surface area contributed by atoms with Crippen LogP contribution in [-0.2, 0) is 13.1 Å². The van der Waals surface area contributed by atoms with Gasteiger partial charge in [-0.3, -0.25) is 0 Å². The summed E-state index contributed by atoms with van der Waals surface area (Å²) >= 11 is 0. The molecule has 34 heavy (non-hydrogen) atoms. The zero-order valence-corrected chi connectivity index (χ0v) is 25.2. The van der Waals surface area contributed by atoms with Crippen LogP contribution in [0, 0.1) is 0 Å². The number of unbranched alkanes of at least 4 members (excludes halogenated alkanes) is 14. The number of halogens is 2. The van der Waals surface area contributed by atoms with Gasteiger partial charge in [0.2, 0.25) is 0 Å². The molecule has 2 rings (SSSR count). The third kappa shape index (κ3) is 15.3. The summed E-state index contributed by atoms with van der Waals surface area (Å²) in [6.07, 6.45) is 31.1. The van der Waals surface area contributed by atoms with E-state index in [1.165, 1.54) is 114 Å². The maximum Gasteiger partial charge on any atom is 0.176 e. The molecule has 0 atom stereocenters. The number of hydrogen-bond acceptors (Lipinski definition) is 0. The Balaban J connectivity index is 0.00000544. The molecule has 0 aliphatic carbocycles. The van der Waals surface area contributed by atoms with Crippen molar-refractivity contribution in [1.29, 1.82) is 0 Å². The largest absolute Gasteiger partial charge is 1.00 e. The second-order valence-electron chi connectivity index (χ2n) is 9.60. The summed E-state index contributed by atoms with van der Waals surface area (Å²) in [5, 5.41) is 0. The minimum Gasteiger partial charge on any atom is -1.00 e. The fraction of sp³-hybridized carbons (Fsp3) is 0.667. The first kappa shape index (κ1) is 33.3. The van der Waals surface area contributed by atoms with Crippen LogP contribution in [0.5, 0.6) is 0 Å². The summed E-state index contributed by atoms with van der Waals surface area (Å²) in [6, 6.07) is 8.99. The Labute approximate surface area is 232 Å². The van der Waals surface area contributed by atoms with Gasteiger partial charge in [0.15, 0.2) is 24.8 Å². The van der Waals surface area contributed by atoms with Crippen molar-refractivity contribution in [3.8, 4) is 11.1 Å². The van der Waals surface area contributed by atoms with Crippen molar-refractivity contribution in [3.05, 3.63) is 49.1 Å². The van der Waals surface area contributed by atoms with Crippen LogP contribution in [0.3, 0.4) is 0 Å². The maximum atomic E-state index is 2.37. The lowest BCUT2D eigenvalue weighted by atomic mass is 10.1. The Morgan fingerprint density at radius 2 is 0.912 bits per heavy atom. The van der Waals surface area contributed by atoms with E-state index in [4.69, 9.17) is 0 Å². The van der Waals surface area contributed by atoms with E-state index in [9.17, 15) is 0 Å². The van der Waals surface area contributed by atoms with E-state index in [0.717, 1.165) is 13.1 Å². The van der Waals surface area contributed by atoms with Gasteiger partial charge >= 0.3 is 0 Å². The molecule has 0 N–H and O–H groups in total. The normalized spacial score (nSPS) is 10.5. The molecule has 0 spiro atoms. The molecule has 0 bridgehead atoms. The SMILES string of the molecule is CCCCCCCCCC[n+]1ccc(-c2ccc[n+](CCCCCCCCCC)c2)cc1.[Br-].[Br-]. The number of rotatable bonds is 19. The molecule has 2 nitrogen and oxygen atoms in total. The number of pyridine rings is 2. The molecule has 194 valence electrons. The van der Waals surface area contributed by atoms with Gasteiger partial charge in [0.05, 0.1) is 0 Å². The van der Waals surface area contributed by atoms with E-state index >= 15 is 0 Å². The average molecular weight is 599 g/mol. The molecule has 2 aromatic heterocycles. The Morgan fingerprint density at radius 1 is 0.471 bits per heavy atom. The topological polar surface area (TPSA) is 7.76 Å². The molecule has 0 saturated heterocycles. The van der Waals surface area contributed by atoms with Crippen LogP contribution in [0.4, 0.5) is 0 Å². The van der Waals surface area contributed by atoms with Gasteiger partial charge in [-0.05, 0) is 24.5 Å². The van der Waals surface area contributed by atoms with Gasteiger partial charge < -0.3 is 34.0 Å². The first-order valence-corrected chi connectivity index (χ1v) is 13.8. The molecule has 0 aliphatic rings. The number of nitrogens with zero attached hydrogens (tertiary/aromatic N) is 2. The fourth-order valence-electron chi connectivity index (χ4n) is 4.49. The second-order valence-corrected chi connectivity index (χ2v) is 9.60. The van der Waals surface area contributed by atoms with Gasteiger partial charge in [-0.15, -0.1) is 0 Å². The predicted octanol–water partition coefficient (Wildman–Crippen LogP) is 2.22. The molecule has 0 saturated carbocycles. The highest BCUT2D eigenvalue weighted by atomic mass is 79.9. The van der Waals surface area contributed by atoms with Crippen LogP contribution in [0.1, 0.15) is 117 Å². The molecule has 0 unspecified atom stereocenters. The van der Waals surface area contributed by atoms with Gasteiger partial charge in [0, 0.05) is 36.6 Å². The quantitative estimate of drug-likeness (QED) is 0.173. The highest BCUT2D eigenvalue weighted by Gasteiger charge is 2.07. The summed E-state index contributed by atoms with van der Waals surface area (Å²) in [5.41, 5.74) is 2.65. The molecular weight excluding hydrogens is 548 g/mol. The van der Waals surface area contributed by atoms with Crippen LogP contribution in [0.25, 0.3) is 11.1 Å². The lowest BCUT2D eigenvalue weighted by Crippen LogP contribution is -3.00. The van der Waals surface area contributed by atoms with Crippen LogP contribution in [-0.4, -0.2) is 0 Å². The summed E-state index contributed by atoms with van der Waals surface area (Å²) < 4.78 is 4.71. The fourth-order valence-corrected chi connectivity index (χ4v) is 4.49. The van der Waals surface area contributed by atoms with Crippen LogP contribution in [0.2, 0.25) is 0 Å². The smallest absolute Gasteiger partial charge is 0.176 e. The summed E-state index contributed by atoms with van der Waals surface area (Å²) in [6.45, 7) is 6.85. The number of aryl methyl sites for hydroxylation is 2. The summed E-state index contributed by atoms with van der Waals surface area (Å²) in [5.74, 6) is 0. The Bertz CT molecular complexity index is 703. The number of aromatic nitrogens is 2. The van der Waals surface area contributed by atoms with Gasteiger partial charge in [0.1, 0.15) is 13.1 Å². The van der Waals surface area contributed by atoms with Crippen molar-refractivity contribution in [2.75, 3.05) is 0 Å². The maximum absolute atomic E-state index is 2.37. The lowest BCUT2D eigenvalue weighted by Gasteiger charge is -2.03. The Hall–Kier alpha value is -0.740. The lowest BCUT2D eigenvalue weighted by molar-refractivity contribution is -0.697. The van der Waals surface area contributed by atoms with Gasteiger partial charge in [-0.1, -0.05) is 90.9 Å². The first-order valence-electron chi connectivity index (χ1n) is 13.8. The van der Waals surface area contributed by atoms with Crippen molar-refractivity contribution >= 4 is 0 Å². The third-order valence-corrected chi connectivity index (χ3v) is 6.62. The van der Waals surface area contributed by atoms with E-state index in [1.54, 1.807) is 0 Å². The van der Waals surface area contributed by atoms with E-state index in [-0.39, 0.29) is 34.0 Å². The molecule has 2 heterocycles. The highest BCUT2D eigenvalue weighted by molar-refractivity contribution is 5.60. The molecule has 4 heteroatoms. The van der Waals surface area contributed by atoms with Crippen LogP contribution in [0.15, 0.2) is 49.1 Å².